The van der Waals surface area contributed by atoms with Crippen molar-refractivity contribution in [3.8, 4) is 0 Å². The molecule has 1 amide bonds. The molecule has 1 aliphatic heterocycles. The van der Waals surface area contributed by atoms with E-state index in [1.165, 1.54) is 41.4 Å². The molecule has 0 spiro atoms. The van der Waals surface area contributed by atoms with Crippen molar-refractivity contribution < 1.29 is 31.5 Å². The maximum Gasteiger partial charge on any atom is 0.411 e. The highest BCUT2D eigenvalue weighted by molar-refractivity contribution is 6.10. The fourth-order valence-electron chi connectivity index (χ4n) is 2.96. The largest absolute Gasteiger partial charge is 0.411 e. The lowest BCUT2D eigenvalue weighted by Crippen LogP contribution is -2.22. The van der Waals surface area contributed by atoms with Crippen molar-refractivity contribution in [3.63, 3.8) is 0 Å². The lowest BCUT2D eigenvalue weighted by atomic mass is 10.0. The zero-order chi connectivity index (χ0) is 21.7. The average molecular weight is 424 g/mol. The van der Waals surface area contributed by atoms with Crippen LogP contribution in [0.1, 0.15) is 21.5 Å². The number of fused-ring (bicyclic) bond motifs is 1. The Morgan fingerprint density at radius 1 is 1.20 bits per heavy atom. The Morgan fingerprint density at radius 3 is 2.63 bits per heavy atom. The number of carbonyl (C=O) groups is 1. The first-order valence-corrected chi connectivity index (χ1v) is 8.94. The van der Waals surface area contributed by atoms with E-state index < -0.39 is 31.0 Å². The minimum Gasteiger partial charge on any atom is -0.368 e. The Hall–Kier alpha value is -3.07. The number of allylic oxidation sites excluding steroid dienone is 3. The van der Waals surface area contributed by atoms with Crippen LogP contribution in [0.5, 0.6) is 0 Å². The number of benzene rings is 1. The Balaban J connectivity index is 1.64. The SMILES string of the molecule is O=C1c2cncc(C/C=C\C(F)=C/COCC(F)(F)F)c2CN1c1ccc(F)cc1. The highest BCUT2D eigenvalue weighted by atomic mass is 19.4. The number of alkyl halides is 3. The summed E-state index contributed by atoms with van der Waals surface area (Å²) in [4.78, 5) is 18.2. The highest BCUT2D eigenvalue weighted by Crippen LogP contribution is 2.30. The summed E-state index contributed by atoms with van der Waals surface area (Å²) in [6, 6.07) is 5.54. The number of pyridine rings is 1. The third-order valence-corrected chi connectivity index (χ3v) is 4.35. The van der Waals surface area contributed by atoms with Crippen LogP contribution in [0.25, 0.3) is 0 Å². The van der Waals surface area contributed by atoms with Gasteiger partial charge in [-0.05, 0) is 54.0 Å². The van der Waals surface area contributed by atoms with Crippen LogP contribution in [0.2, 0.25) is 0 Å². The second-order valence-electron chi connectivity index (χ2n) is 6.52. The van der Waals surface area contributed by atoms with E-state index in [1.54, 1.807) is 6.20 Å². The molecule has 0 saturated carbocycles. The van der Waals surface area contributed by atoms with Crippen LogP contribution in [0.3, 0.4) is 0 Å². The van der Waals surface area contributed by atoms with E-state index in [4.69, 9.17) is 0 Å². The Morgan fingerprint density at radius 2 is 1.93 bits per heavy atom. The van der Waals surface area contributed by atoms with E-state index in [0.717, 1.165) is 17.7 Å². The number of halogens is 5. The van der Waals surface area contributed by atoms with Crippen LogP contribution in [-0.4, -0.2) is 30.3 Å². The van der Waals surface area contributed by atoms with Crippen LogP contribution in [-0.2, 0) is 17.7 Å². The molecule has 30 heavy (non-hydrogen) atoms. The zero-order valence-electron chi connectivity index (χ0n) is 15.6. The minimum absolute atomic E-state index is 0.261. The van der Waals surface area contributed by atoms with E-state index in [1.807, 2.05) is 0 Å². The van der Waals surface area contributed by atoms with Gasteiger partial charge in [-0.2, -0.15) is 13.2 Å². The van der Waals surface area contributed by atoms with Gasteiger partial charge in [0.1, 0.15) is 18.3 Å². The number of hydrogen-bond donors (Lipinski definition) is 0. The molecule has 2 aromatic rings. The van der Waals surface area contributed by atoms with Crippen LogP contribution in [0.15, 0.2) is 60.7 Å². The predicted octanol–water partition coefficient (Wildman–Crippen LogP) is 4.91. The van der Waals surface area contributed by atoms with Gasteiger partial charge in [0.05, 0.1) is 18.7 Å². The van der Waals surface area contributed by atoms with E-state index in [0.29, 0.717) is 16.8 Å². The molecule has 1 aromatic heterocycles. The summed E-state index contributed by atoms with van der Waals surface area (Å²) in [7, 11) is 0. The second kappa shape index (κ2) is 9.17. The van der Waals surface area contributed by atoms with Gasteiger partial charge in [-0.3, -0.25) is 9.78 Å². The average Bonchev–Trinajstić information content (AvgIpc) is 3.03. The van der Waals surface area contributed by atoms with Crippen LogP contribution >= 0.6 is 0 Å². The lowest BCUT2D eigenvalue weighted by Gasteiger charge is -2.15. The number of nitrogens with zero attached hydrogens (tertiary/aromatic N) is 2. The predicted molar refractivity (Wildman–Crippen MR) is 100 cm³/mol. The van der Waals surface area contributed by atoms with Gasteiger partial charge in [-0.25, -0.2) is 8.78 Å². The molecule has 0 saturated heterocycles. The molecule has 0 aliphatic carbocycles. The van der Waals surface area contributed by atoms with Gasteiger partial charge in [-0.1, -0.05) is 6.08 Å². The minimum atomic E-state index is -4.46. The fourth-order valence-corrected chi connectivity index (χ4v) is 2.96. The van der Waals surface area contributed by atoms with Crippen molar-refractivity contribution >= 4 is 11.6 Å². The zero-order valence-corrected chi connectivity index (χ0v) is 15.6. The molecular formula is C21H17F5N2O2. The summed E-state index contributed by atoms with van der Waals surface area (Å²) >= 11 is 0. The first-order valence-electron chi connectivity index (χ1n) is 8.94. The van der Waals surface area contributed by atoms with Crippen LogP contribution < -0.4 is 4.90 Å². The van der Waals surface area contributed by atoms with Crippen molar-refractivity contribution in [2.45, 2.75) is 19.1 Å². The molecule has 0 N–H and O–H groups in total. The van der Waals surface area contributed by atoms with Crippen molar-refractivity contribution in [1.29, 1.82) is 0 Å². The van der Waals surface area contributed by atoms with Crippen LogP contribution in [0, 0.1) is 5.82 Å². The summed E-state index contributed by atoms with van der Waals surface area (Å²) in [6.07, 6.45) is 2.33. The van der Waals surface area contributed by atoms with Gasteiger partial charge in [0.2, 0.25) is 0 Å². The molecule has 0 unspecified atom stereocenters. The van der Waals surface area contributed by atoms with Gasteiger partial charge < -0.3 is 9.64 Å². The number of amides is 1. The summed E-state index contributed by atoms with van der Waals surface area (Å²) < 4.78 is 67.0. The number of anilines is 1. The maximum absolute atomic E-state index is 13.7. The second-order valence-corrected chi connectivity index (χ2v) is 6.52. The van der Waals surface area contributed by atoms with Crippen LogP contribution in [0.4, 0.5) is 27.6 Å². The molecule has 0 bridgehead atoms. The Kier molecular flexibility index (Phi) is 6.61. The molecule has 0 radical (unpaired) electrons. The molecule has 4 nitrogen and oxygen atoms in total. The molecular weight excluding hydrogens is 407 g/mol. The maximum atomic E-state index is 13.7. The monoisotopic (exact) mass is 424 g/mol. The lowest BCUT2D eigenvalue weighted by molar-refractivity contribution is -0.171. The van der Waals surface area contributed by atoms with E-state index in [-0.39, 0.29) is 18.9 Å². The van der Waals surface area contributed by atoms with E-state index in [2.05, 4.69) is 9.72 Å². The number of ether oxygens (including phenoxy) is 1. The van der Waals surface area contributed by atoms with Gasteiger partial charge in [0.25, 0.3) is 5.91 Å². The molecule has 0 atom stereocenters. The molecule has 1 aromatic carbocycles. The molecule has 3 rings (SSSR count). The number of rotatable bonds is 7. The third-order valence-electron chi connectivity index (χ3n) is 4.35. The third kappa shape index (κ3) is 5.50. The topological polar surface area (TPSA) is 42.4 Å². The Labute approximate surface area is 169 Å². The van der Waals surface area contributed by atoms with Crippen molar-refractivity contribution in [3.05, 3.63) is 83.2 Å². The summed E-state index contributed by atoms with van der Waals surface area (Å²) in [6.45, 7) is -1.67. The standard InChI is InChI=1S/C21H17F5N2O2/c22-15(8-9-30-13-21(24,25)26)3-1-2-14-10-27-11-18-19(14)12-28(20(18)29)17-6-4-16(23)5-7-17/h1,3-8,10-11H,2,9,12-13H2/b3-1-,15-8+. The normalized spacial score (nSPS) is 14.6. The molecule has 0 fully saturated rings. The summed E-state index contributed by atoms with van der Waals surface area (Å²) in [5.74, 6) is -1.40. The summed E-state index contributed by atoms with van der Waals surface area (Å²) in [5, 5.41) is 0. The number of hydrogen-bond acceptors (Lipinski definition) is 3. The van der Waals surface area contributed by atoms with E-state index in [9.17, 15) is 26.7 Å². The highest BCUT2D eigenvalue weighted by Gasteiger charge is 2.30. The quantitative estimate of drug-likeness (QED) is 0.360. The van der Waals surface area contributed by atoms with Gasteiger partial charge in [0, 0.05) is 18.1 Å². The first-order chi connectivity index (χ1) is 14.2. The van der Waals surface area contributed by atoms with Crippen molar-refractivity contribution in [2.75, 3.05) is 18.1 Å². The smallest absolute Gasteiger partial charge is 0.368 e. The van der Waals surface area contributed by atoms with Gasteiger partial charge >= 0.3 is 6.18 Å². The Bertz CT molecular complexity index is 968. The molecule has 9 heteroatoms. The first kappa shape index (κ1) is 21.6. The number of carbonyl (C=O) groups excluding carboxylic acids is 1. The van der Waals surface area contributed by atoms with Gasteiger partial charge in [-0.15, -0.1) is 0 Å². The van der Waals surface area contributed by atoms with E-state index >= 15 is 0 Å². The van der Waals surface area contributed by atoms with Crippen molar-refractivity contribution in [2.24, 2.45) is 0 Å². The van der Waals surface area contributed by atoms with Gasteiger partial charge in [0.15, 0.2) is 0 Å². The summed E-state index contributed by atoms with van der Waals surface area (Å²) in [5.41, 5.74) is 2.42. The molecule has 2 heterocycles. The number of aromatic nitrogens is 1. The van der Waals surface area contributed by atoms with Crippen molar-refractivity contribution in [1.82, 2.24) is 4.98 Å². The molecule has 1 aliphatic rings. The molecule has 158 valence electrons. The fraction of sp³-hybridized carbons (Fsp3) is 0.238.